The molecule has 0 bridgehead atoms. The van der Waals surface area contributed by atoms with Crippen LogP contribution in [0.15, 0.2) is 0 Å². The molecule has 7 heteroatoms. The van der Waals surface area contributed by atoms with Crippen molar-refractivity contribution in [1.29, 1.82) is 0 Å². The molecule has 2 fully saturated rings. The highest BCUT2D eigenvalue weighted by molar-refractivity contribution is 7.88. The normalized spacial score (nSPS) is 33.4. The molecular formula is C15H28N2O4S. The lowest BCUT2D eigenvalue weighted by Gasteiger charge is -2.43. The van der Waals surface area contributed by atoms with E-state index >= 15 is 0 Å². The number of hydrogen-bond donors (Lipinski definition) is 1. The Morgan fingerprint density at radius 1 is 1.32 bits per heavy atom. The molecular weight excluding hydrogens is 304 g/mol. The maximum Gasteiger partial charge on any atom is 0.238 e. The van der Waals surface area contributed by atoms with Crippen molar-refractivity contribution in [3.8, 4) is 0 Å². The third-order valence-electron chi connectivity index (χ3n) is 5.25. The molecule has 1 aliphatic carbocycles. The van der Waals surface area contributed by atoms with Gasteiger partial charge in [0.15, 0.2) is 0 Å². The van der Waals surface area contributed by atoms with Crippen molar-refractivity contribution in [3.05, 3.63) is 0 Å². The Morgan fingerprint density at radius 3 is 2.59 bits per heavy atom. The van der Waals surface area contributed by atoms with Crippen LogP contribution in [0.3, 0.4) is 0 Å². The molecule has 0 spiro atoms. The summed E-state index contributed by atoms with van der Waals surface area (Å²) in [6.07, 6.45) is 6.75. The van der Waals surface area contributed by atoms with Gasteiger partial charge in [-0.2, -0.15) is 4.31 Å². The molecule has 1 heterocycles. The van der Waals surface area contributed by atoms with Crippen LogP contribution in [0.4, 0.5) is 0 Å². The van der Waals surface area contributed by atoms with Gasteiger partial charge in [-0.15, -0.1) is 0 Å². The molecule has 6 nitrogen and oxygen atoms in total. The largest absolute Gasteiger partial charge is 0.390 e. The number of aliphatic hydroxyl groups is 1. The van der Waals surface area contributed by atoms with Crippen LogP contribution in [0.2, 0.25) is 0 Å². The number of hydrogen-bond acceptors (Lipinski definition) is 4. The average Bonchev–Trinajstić information content (AvgIpc) is 2.85. The van der Waals surface area contributed by atoms with Crippen LogP contribution in [0.25, 0.3) is 0 Å². The van der Waals surface area contributed by atoms with Crippen molar-refractivity contribution < 1.29 is 18.3 Å². The second kappa shape index (κ2) is 6.45. The standard InChI is InChI=1S/C15H28N2O4S/c1-15(19)9-5-4-7-12(15)13-8-6-10-17(13)14(18)11-16(2)22(3,20)21/h12-13,19H,4-11H2,1-3H3/t12-,13-,15+/m1/s1. The zero-order valence-corrected chi connectivity index (χ0v) is 14.6. The van der Waals surface area contributed by atoms with E-state index in [9.17, 15) is 18.3 Å². The zero-order chi connectivity index (χ0) is 16.5. The van der Waals surface area contributed by atoms with Crippen LogP contribution in [0.1, 0.15) is 45.4 Å². The van der Waals surface area contributed by atoms with E-state index in [1.165, 1.54) is 7.05 Å². The Hall–Kier alpha value is -0.660. The zero-order valence-electron chi connectivity index (χ0n) is 13.8. The molecule has 2 aliphatic rings. The summed E-state index contributed by atoms with van der Waals surface area (Å²) >= 11 is 0. The summed E-state index contributed by atoms with van der Waals surface area (Å²) in [5.74, 6) is -0.0620. The van der Waals surface area contributed by atoms with Gasteiger partial charge in [-0.1, -0.05) is 12.8 Å². The second-order valence-electron chi connectivity index (χ2n) is 7.03. The van der Waals surface area contributed by atoms with Crippen molar-refractivity contribution in [3.63, 3.8) is 0 Å². The summed E-state index contributed by atoms with van der Waals surface area (Å²) in [6.45, 7) is 2.41. The lowest BCUT2D eigenvalue weighted by atomic mass is 9.72. The van der Waals surface area contributed by atoms with E-state index in [0.29, 0.717) is 6.54 Å². The van der Waals surface area contributed by atoms with Gasteiger partial charge in [0, 0.05) is 25.6 Å². The summed E-state index contributed by atoms with van der Waals surface area (Å²) in [7, 11) is -1.93. The number of sulfonamides is 1. The molecule has 0 aromatic carbocycles. The quantitative estimate of drug-likeness (QED) is 0.826. The van der Waals surface area contributed by atoms with Crippen molar-refractivity contribution in [2.45, 2.75) is 57.1 Å². The summed E-state index contributed by atoms with van der Waals surface area (Å²) < 4.78 is 24.1. The van der Waals surface area contributed by atoms with Crippen LogP contribution >= 0.6 is 0 Å². The molecule has 1 N–H and O–H groups in total. The first kappa shape index (κ1) is 17.7. The van der Waals surface area contributed by atoms with E-state index in [0.717, 1.165) is 49.1 Å². The number of carbonyl (C=O) groups excluding carboxylic acids is 1. The number of carbonyl (C=O) groups is 1. The van der Waals surface area contributed by atoms with Crippen molar-refractivity contribution >= 4 is 15.9 Å². The minimum atomic E-state index is -3.36. The SMILES string of the molecule is CN(CC(=O)N1CCC[C@@H]1[C@H]1CCCC[C@]1(C)O)S(C)(=O)=O. The fourth-order valence-corrected chi connectivity index (χ4v) is 4.21. The second-order valence-corrected chi connectivity index (χ2v) is 9.11. The lowest BCUT2D eigenvalue weighted by Crippen LogP contribution is -2.52. The van der Waals surface area contributed by atoms with Gasteiger partial charge in [-0.25, -0.2) is 8.42 Å². The van der Waals surface area contributed by atoms with Crippen LogP contribution in [0.5, 0.6) is 0 Å². The number of amides is 1. The fraction of sp³-hybridized carbons (Fsp3) is 0.933. The highest BCUT2D eigenvalue weighted by Crippen LogP contribution is 2.40. The van der Waals surface area contributed by atoms with Crippen LogP contribution in [0, 0.1) is 5.92 Å². The highest BCUT2D eigenvalue weighted by atomic mass is 32.2. The molecule has 0 aromatic rings. The minimum Gasteiger partial charge on any atom is -0.390 e. The third-order valence-corrected chi connectivity index (χ3v) is 6.52. The van der Waals surface area contributed by atoms with E-state index in [2.05, 4.69) is 0 Å². The third kappa shape index (κ3) is 3.81. The van der Waals surface area contributed by atoms with E-state index in [1.54, 1.807) is 4.90 Å². The van der Waals surface area contributed by atoms with Crippen molar-refractivity contribution in [1.82, 2.24) is 9.21 Å². The Bertz CT molecular complexity index is 518. The van der Waals surface area contributed by atoms with Crippen LogP contribution in [-0.2, 0) is 14.8 Å². The molecule has 0 radical (unpaired) electrons. The summed E-state index contributed by atoms with van der Waals surface area (Å²) in [4.78, 5) is 14.3. The van der Waals surface area contributed by atoms with Gasteiger partial charge in [-0.05, 0) is 32.6 Å². The highest BCUT2D eigenvalue weighted by Gasteiger charge is 2.44. The molecule has 0 aromatic heterocycles. The fourth-order valence-electron chi connectivity index (χ4n) is 3.87. The molecule has 1 amide bonds. The van der Waals surface area contributed by atoms with Crippen molar-refractivity contribution in [2.75, 3.05) is 26.4 Å². The Kier molecular flexibility index (Phi) is 5.19. The number of likely N-dealkylation sites (N-methyl/N-ethyl adjacent to an activating group) is 1. The van der Waals surface area contributed by atoms with E-state index < -0.39 is 15.6 Å². The molecule has 1 saturated carbocycles. The number of rotatable bonds is 4. The van der Waals surface area contributed by atoms with E-state index in [1.807, 2.05) is 6.92 Å². The topological polar surface area (TPSA) is 77.9 Å². The molecule has 128 valence electrons. The summed E-state index contributed by atoms with van der Waals surface area (Å²) in [6, 6.07) is 0.0377. The molecule has 22 heavy (non-hydrogen) atoms. The van der Waals surface area contributed by atoms with Crippen molar-refractivity contribution in [2.24, 2.45) is 5.92 Å². The first-order valence-electron chi connectivity index (χ1n) is 8.06. The Balaban J connectivity index is 2.08. The monoisotopic (exact) mass is 332 g/mol. The predicted octanol–water partition coefficient (Wildman–Crippen LogP) is 0.810. The van der Waals surface area contributed by atoms with E-state index in [-0.39, 0.29) is 24.4 Å². The summed E-state index contributed by atoms with van der Waals surface area (Å²) in [5, 5.41) is 10.7. The van der Waals surface area contributed by atoms with E-state index in [4.69, 9.17) is 0 Å². The maximum absolute atomic E-state index is 12.5. The number of likely N-dealkylation sites (tertiary alicyclic amines) is 1. The maximum atomic E-state index is 12.5. The molecule has 2 rings (SSSR count). The number of nitrogens with zero attached hydrogens (tertiary/aromatic N) is 2. The molecule has 1 saturated heterocycles. The van der Waals surface area contributed by atoms with Crippen LogP contribution < -0.4 is 0 Å². The predicted molar refractivity (Wildman–Crippen MR) is 84.8 cm³/mol. The van der Waals surface area contributed by atoms with Gasteiger partial charge >= 0.3 is 0 Å². The lowest BCUT2D eigenvalue weighted by molar-refractivity contribution is -0.136. The Morgan fingerprint density at radius 2 is 2.00 bits per heavy atom. The molecule has 0 unspecified atom stereocenters. The van der Waals surface area contributed by atoms with Gasteiger partial charge in [0.25, 0.3) is 0 Å². The van der Waals surface area contributed by atoms with Gasteiger partial charge in [0.05, 0.1) is 18.4 Å². The summed E-state index contributed by atoms with van der Waals surface area (Å²) in [5.41, 5.74) is -0.728. The van der Waals surface area contributed by atoms with Gasteiger partial charge in [0.2, 0.25) is 15.9 Å². The van der Waals surface area contributed by atoms with Crippen LogP contribution in [-0.4, -0.2) is 66.7 Å². The van der Waals surface area contributed by atoms with Gasteiger partial charge in [-0.3, -0.25) is 4.79 Å². The smallest absolute Gasteiger partial charge is 0.238 e. The first-order chi connectivity index (χ1) is 10.1. The minimum absolute atomic E-state index is 0.0377. The Labute approximate surface area is 133 Å². The molecule has 1 aliphatic heterocycles. The molecule has 3 atom stereocenters. The van der Waals surface area contributed by atoms with Gasteiger partial charge < -0.3 is 10.0 Å². The average molecular weight is 332 g/mol. The van der Waals surface area contributed by atoms with Gasteiger partial charge in [0.1, 0.15) is 0 Å². The first-order valence-corrected chi connectivity index (χ1v) is 9.91.